The van der Waals surface area contributed by atoms with Gasteiger partial charge in [0.05, 0.1) is 17.7 Å². The van der Waals surface area contributed by atoms with Crippen LogP contribution in [0, 0.1) is 0 Å². The molecule has 22 heavy (non-hydrogen) atoms. The van der Waals surface area contributed by atoms with Gasteiger partial charge in [-0.25, -0.2) is 0 Å². The number of hydrogen-bond donors (Lipinski definition) is 1. The minimum Gasteiger partial charge on any atom is -0.481 e. The van der Waals surface area contributed by atoms with Crippen molar-refractivity contribution in [3.63, 3.8) is 0 Å². The number of halogens is 3. The summed E-state index contributed by atoms with van der Waals surface area (Å²) in [6.45, 7) is 0. The van der Waals surface area contributed by atoms with Crippen LogP contribution in [0.15, 0.2) is 36.4 Å². The number of hydrogen-bond acceptors (Lipinski definition) is 2. The molecule has 0 aliphatic carbocycles. The van der Waals surface area contributed by atoms with Crippen LogP contribution in [0.5, 0.6) is 0 Å². The maximum absolute atomic E-state index is 12.5. The molecule has 0 atom stereocenters. The van der Waals surface area contributed by atoms with E-state index in [0.717, 1.165) is 24.3 Å². The summed E-state index contributed by atoms with van der Waals surface area (Å²) in [5.41, 5.74) is -0.0719. The number of ketones is 1. The van der Waals surface area contributed by atoms with Gasteiger partial charge in [0.1, 0.15) is 0 Å². The minimum absolute atomic E-state index is 0.107. The Morgan fingerprint density at radius 2 is 1.68 bits per heavy atom. The van der Waals surface area contributed by atoms with Gasteiger partial charge in [-0.2, -0.15) is 13.2 Å². The van der Waals surface area contributed by atoms with Crippen molar-refractivity contribution in [2.45, 2.75) is 12.6 Å². The summed E-state index contributed by atoms with van der Waals surface area (Å²) in [6.07, 6.45) is -4.70. The second-order valence-electron chi connectivity index (χ2n) is 4.74. The highest BCUT2D eigenvalue weighted by Crippen LogP contribution is 2.29. The smallest absolute Gasteiger partial charge is 0.416 e. The molecule has 7 heteroatoms. The first kappa shape index (κ1) is 15.8. The number of aromatic nitrogens is 1. The first-order valence-corrected chi connectivity index (χ1v) is 6.28. The average molecular weight is 311 g/mol. The number of alkyl halides is 3. The van der Waals surface area contributed by atoms with Crippen molar-refractivity contribution in [3.05, 3.63) is 58.9 Å². The van der Waals surface area contributed by atoms with Crippen LogP contribution in [0.2, 0.25) is 0 Å². The second-order valence-corrected chi connectivity index (χ2v) is 4.74. The van der Waals surface area contributed by atoms with E-state index in [1.165, 1.54) is 23.7 Å². The average Bonchev–Trinajstić information content (AvgIpc) is 2.78. The van der Waals surface area contributed by atoms with Crippen LogP contribution < -0.4 is 0 Å². The monoisotopic (exact) mass is 311 g/mol. The van der Waals surface area contributed by atoms with E-state index in [4.69, 9.17) is 5.11 Å². The number of carboxylic acid groups (broad SMARTS) is 1. The Balaban J connectivity index is 2.29. The van der Waals surface area contributed by atoms with E-state index in [0.29, 0.717) is 5.69 Å². The van der Waals surface area contributed by atoms with E-state index in [-0.39, 0.29) is 17.7 Å². The van der Waals surface area contributed by atoms with Gasteiger partial charge in [-0.3, -0.25) is 9.59 Å². The summed E-state index contributed by atoms with van der Waals surface area (Å²) in [7, 11) is 1.54. The third kappa shape index (κ3) is 3.19. The van der Waals surface area contributed by atoms with Crippen molar-refractivity contribution in [1.82, 2.24) is 4.57 Å². The van der Waals surface area contributed by atoms with Crippen LogP contribution in [-0.4, -0.2) is 21.4 Å². The van der Waals surface area contributed by atoms with Crippen molar-refractivity contribution in [2.75, 3.05) is 0 Å². The van der Waals surface area contributed by atoms with Gasteiger partial charge in [-0.1, -0.05) is 12.1 Å². The van der Waals surface area contributed by atoms with Gasteiger partial charge in [0, 0.05) is 18.3 Å². The Hall–Kier alpha value is -2.57. The Kier molecular flexibility index (Phi) is 4.07. The van der Waals surface area contributed by atoms with E-state index < -0.39 is 23.5 Å². The van der Waals surface area contributed by atoms with Crippen molar-refractivity contribution < 1.29 is 27.9 Å². The summed E-state index contributed by atoms with van der Waals surface area (Å²) in [5, 5.41) is 8.76. The van der Waals surface area contributed by atoms with Crippen molar-refractivity contribution in [1.29, 1.82) is 0 Å². The quantitative estimate of drug-likeness (QED) is 0.883. The van der Waals surface area contributed by atoms with Gasteiger partial charge >= 0.3 is 12.1 Å². The van der Waals surface area contributed by atoms with Crippen LogP contribution in [0.4, 0.5) is 13.2 Å². The molecular formula is C15H12F3NO3. The van der Waals surface area contributed by atoms with Crippen molar-refractivity contribution in [2.24, 2.45) is 7.05 Å². The zero-order valence-electron chi connectivity index (χ0n) is 11.5. The Labute approximate surface area is 123 Å². The normalized spacial score (nSPS) is 11.5. The van der Waals surface area contributed by atoms with E-state index in [9.17, 15) is 22.8 Å². The van der Waals surface area contributed by atoms with Gasteiger partial charge in [-0.15, -0.1) is 0 Å². The molecular weight excluding hydrogens is 299 g/mol. The predicted octanol–water partition coefficient (Wildman–Crippen LogP) is 2.90. The number of rotatable bonds is 4. The zero-order chi connectivity index (χ0) is 16.5. The Bertz CT molecular complexity index is 715. The molecule has 0 saturated carbocycles. The zero-order valence-corrected chi connectivity index (χ0v) is 11.5. The highest BCUT2D eigenvalue weighted by Gasteiger charge is 2.30. The number of carbonyl (C=O) groups is 2. The molecule has 1 N–H and O–H groups in total. The fourth-order valence-electron chi connectivity index (χ4n) is 2.07. The molecule has 0 aliphatic rings. The maximum atomic E-state index is 12.5. The highest BCUT2D eigenvalue weighted by molar-refractivity contribution is 6.08. The first-order valence-electron chi connectivity index (χ1n) is 6.28. The molecule has 0 unspecified atom stereocenters. The molecule has 0 radical (unpaired) electrons. The maximum Gasteiger partial charge on any atom is 0.416 e. The SMILES string of the molecule is Cn1c(CC(=O)O)ccc1C(=O)c1ccc(C(F)(F)F)cc1. The lowest BCUT2D eigenvalue weighted by Gasteiger charge is -2.08. The van der Waals surface area contributed by atoms with Gasteiger partial charge in [0.2, 0.25) is 5.78 Å². The third-order valence-corrected chi connectivity index (χ3v) is 3.27. The molecule has 0 aliphatic heterocycles. The number of nitrogens with zero attached hydrogens (tertiary/aromatic N) is 1. The summed E-state index contributed by atoms with van der Waals surface area (Å²) < 4.78 is 38.9. The first-order chi connectivity index (χ1) is 10.2. The van der Waals surface area contributed by atoms with E-state index in [2.05, 4.69) is 0 Å². The summed E-state index contributed by atoms with van der Waals surface area (Å²) >= 11 is 0. The van der Waals surface area contributed by atoms with Crippen molar-refractivity contribution in [3.8, 4) is 0 Å². The lowest BCUT2D eigenvalue weighted by molar-refractivity contribution is -0.138. The van der Waals surface area contributed by atoms with Crippen LogP contribution in [0.3, 0.4) is 0 Å². The highest BCUT2D eigenvalue weighted by atomic mass is 19.4. The number of benzene rings is 1. The molecule has 116 valence electrons. The van der Waals surface area contributed by atoms with Crippen LogP contribution >= 0.6 is 0 Å². The van der Waals surface area contributed by atoms with Gasteiger partial charge in [-0.05, 0) is 24.3 Å². The second kappa shape index (κ2) is 5.67. The van der Waals surface area contributed by atoms with E-state index in [1.54, 1.807) is 0 Å². The van der Waals surface area contributed by atoms with Crippen LogP contribution in [0.1, 0.15) is 27.3 Å². The number of carbonyl (C=O) groups excluding carboxylic acids is 1. The topological polar surface area (TPSA) is 59.3 Å². The Morgan fingerprint density at radius 3 is 2.18 bits per heavy atom. The van der Waals surface area contributed by atoms with Crippen LogP contribution in [-0.2, 0) is 24.4 Å². The largest absolute Gasteiger partial charge is 0.481 e. The molecule has 4 nitrogen and oxygen atoms in total. The fraction of sp³-hybridized carbons (Fsp3) is 0.200. The van der Waals surface area contributed by atoms with Gasteiger partial charge < -0.3 is 9.67 Å². The predicted molar refractivity (Wildman–Crippen MR) is 71.6 cm³/mol. The Morgan fingerprint density at radius 1 is 1.09 bits per heavy atom. The molecule has 1 aromatic heterocycles. The van der Waals surface area contributed by atoms with Gasteiger partial charge in [0.15, 0.2) is 0 Å². The number of aliphatic carboxylic acids is 1. The van der Waals surface area contributed by atoms with E-state index >= 15 is 0 Å². The molecule has 1 heterocycles. The lowest BCUT2D eigenvalue weighted by Crippen LogP contribution is -2.12. The molecule has 1 aromatic carbocycles. The molecule has 2 aromatic rings. The van der Waals surface area contributed by atoms with Crippen LogP contribution in [0.25, 0.3) is 0 Å². The summed E-state index contributed by atoms with van der Waals surface area (Å²) in [4.78, 5) is 23.0. The molecule has 0 fully saturated rings. The standard InChI is InChI=1S/C15H12F3NO3/c1-19-11(8-13(20)21)6-7-12(19)14(22)9-2-4-10(5-3-9)15(16,17)18/h2-7H,8H2,1H3,(H,20,21). The van der Waals surface area contributed by atoms with Gasteiger partial charge in [0.25, 0.3) is 0 Å². The third-order valence-electron chi connectivity index (χ3n) is 3.27. The molecule has 2 rings (SSSR count). The fourth-order valence-corrected chi connectivity index (χ4v) is 2.07. The summed E-state index contributed by atoms with van der Waals surface area (Å²) in [6, 6.07) is 6.86. The lowest BCUT2D eigenvalue weighted by atomic mass is 10.1. The summed E-state index contributed by atoms with van der Waals surface area (Å²) in [5.74, 6) is -1.50. The number of carboxylic acids is 1. The molecule has 0 amide bonds. The minimum atomic E-state index is -4.46. The molecule has 0 saturated heterocycles. The molecule has 0 spiro atoms. The molecule has 0 bridgehead atoms. The van der Waals surface area contributed by atoms with Crippen molar-refractivity contribution >= 4 is 11.8 Å². The van der Waals surface area contributed by atoms with E-state index in [1.807, 2.05) is 0 Å².